The van der Waals surface area contributed by atoms with Gasteiger partial charge in [-0.1, -0.05) is 13.8 Å². The quantitative estimate of drug-likeness (QED) is 0.775. The summed E-state index contributed by atoms with van der Waals surface area (Å²) in [4.78, 5) is 8.31. The van der Waals surface area contributed by atoms with Crippen molar-refractivity contribution < 1.29 is 4.74 Å². The fourth-order valence-electron chi connectivity index (χ4n) is 1.53. The molecule has 90 valence electrons. The fourth-order valence-corrected chi connectivity index (χ4v) is 1.53. The van der Waals surface area contributed by atoms with E-state index >= 15 is 0 Å². The summed E-state index contributed by atoms with van der Waals surface area (Å²) in [5.74, 6) is 2.11. The number of methoxy groups -OCH3 is 1. The summed E-state index contributed by atoms with van der Waals surface area (Å²) in [5, 5.41) is 6.34. The first-order valence-corrected chi connectivity index (χ1v) is 5.60. The lowest BCUT2D eigenvalue weighted by atomic mass is 10.2. The Bertz CT molecular complexity index is 326. The van der Waals surface area contributed by atoms with Gasteiger partial charge in [0.2, 0.25) is 5.75 Å². The average Bonchev–Trinajstić information content (AvgIpc) is 2.35. The van der Waals surface area contributed by atoms with Gasteiger partial charge in [-0.15, -0.1) is 0 Å². The molecule has 0 atom stereocenters. The number of nitrogens with one attached hydrogen (secondary N) is 2. The van der Waals surface area contributed by atoms with Crippen molar-refractivity contribution in [3.8, 4) is 5.75 Å². The van der Waals surface area contributed by atoms with Crippen LogP contribution < -0.4 is 15.4 Å². The summed E-state index contributed by atoms with van der Waals surface area (Å²) in [6, 6.07) is 0.411. The highest BCUT2D eigenvalue weighted by molar-refractivity contribution is 5.63. The number of hydrogen-bond acceptors (Lipinski definition) is 5. The van der Waals surface area contributed by atoms with Gasteiger partial charge in [0, 0.05) is 13.1 Å². The van der Waals surface area contributed by atoms with Gasteiger partial charge in [-0.2, -0.15) is 0 Å². The third kappa shape index (κ3) is 2.74. The third-order valence-electron chi connectivity index (χ3n) is 2.57. The predicted octanol–water partition coefficient (Wildman–Crippen LogP) is 2.13. The molecule has 1 aromatic heterocycles. The Kier molecular flexibility index (Phi) is 4.82. The van der Waals surface area contributed by atoms with E-state index in [1.54, 1.807) is 7.11 Å². The summed E-state index contributed by atoms with van der Waals surface area (Å²) in [6.07, 6.45) is 3.64. The Labute approximate surface area is 96.6 Å². The van der Waals surface area contributed by atoms with Crippen molar-refractivity contribution in [1.82, 2.24) is 9.97 Å². The van der Waals surface area contributed by atoms with E-state index in [-0.39, 0.29) is 0 Å². The molecule has 0 amide bonds. The third-order valence-corrected chi connectivity index (χ3v) is 2.57. The monoisotopic (exact) mass is 224 g/mol. The Hall–Kier alpha value is -1.52. The fraction of sp³-hybridized carbons (Fsp3) is 0.636. The van der Waals surface area contributed by atoms with Gasteiger partial charge in [-0.3, -0.25) is 0 Å². The van der Waals surface area contributed by atoms with Crippen molar-refractivity contribution in [2.45, 2.75) is 32.7 Å². The predicted molar refractivity (Wildman–Crippen MR) is 66.1 cm³/mol. The average molecular weight is 224 g/mol. The van der Waals surface area contributed by atoms with Crippen LogP contribution in [0.3, 0.4) is 0 Å². The first kappa shape index (κ1) is 12.5. The Morgan fingerprint density at radius 2 is 1.88 bits per heavy atom. The van der Waals surface area contributed by atoms with Crippen LogP contribution in [-0.2, 0) is 0 Å². The lowest BCUT2D eigenvalue weighted by Crippen LogP contribution is -2.19. The molecule has 1 aromatic rings. The summed E-state index contributed by atoms with van der Waals surface area (Å²) in [5.41, 5.74) is 0. The molecule has 0 aliphatic carbocycles. The van der Waals surface area contributed by atoms with Crippen molar-refractivity contribution >= 4 is 11.6 Å². The zero-order valence-electron chi connectivity index (χ0n) is 10.4. The minimum atomic E-state index is 0.411. The zero-order valence-corrected chi connectivity index (χ0v) is 10.4. The maximum atomic E-state index is 5.31. The maximum absolute atomic E-state index is 5.31. The van der Waals surface area contributed by atoms with Crippen LogP contribution in [0, 0.1) is 0 Å². The van der Waals surface area contributed by atoms with Crippen molar-refractivity contribution in [2.75, 3.05) is 24.8 Å². The van der Waals surface area contributed by atoms with Crippen LogP contribution >= 0.6 is 0 Å². The second-order valence-corrected chi connectivity index (χ2v) is 3.51. The van der Waals surface area contributed by atoms with E-state index in [0.29, 0.717) is 17.6 Å². The molecule has 1 heterocycles. The van der Waals surface area contributed by atoms with Crippen molar-refractivity contribution in [2.24, 2.45) is 0 Å². The van der Waals surface area contributed by atoms with Crippen LogP contribution in [0.1, 0.15) is 26.7 Å². The molecule has 16 heavy (non-hydrogen) atoms. The number of aromatic nitrogens is 2. The molecule has 0 saturated heterocycles. The van der Waals surface area contributed by atoms with Crippen molar-refractivity contribution in [1.29, 1.82) is 0 Å². The molecule has 0 spiro atoms. The van der Waals surface area contributed by atoms with Gasteiger partial charge in [0.1, 0.15) is 6.33 Å². The van der Waals surface area contributed by atoms with Crippen molar-refractivity contribution in [3.63, 3.8) is 0 Å². The first-order chi connectivity index (χ1) is 7.76. The maximum Gasteiger partial charge on any atom is 0.204 e. The SMILES string of the molecule is CCC(CC)Nc1ncnc(NC)c1OC. The highest BCUT2D eigenvalue weighted by atomic mass is 16.5. The number of ether oxygens (including phenoxy) is 1. The lowest BCUT2D eigenvalue weighted by molar-refractivity contribution is 0.414. The normalized spacial score (nSPS) is 10.3. The molecule has 0 aliphatic heterocycles. The smallest absolute Gasteiger partial charge is 0.204 e. The molecule has 0 saturated carbocycles. The van der Waals surface area contributed by atoms with Gasteiger partial charge in [0.15, 0.2) is 11.6 Å². The molecule has 0 aromatic carbocycles. The van der Waals surface area contributed by atoms with Crippen LogP contribution in [0.5, 0.6) is 5.75 Å². The molecular weight excluding hydrogens is 204 g/mol. The number of nitrogens with zero attached hydrogens (tertiary/aromatic N) is 2. The number of anilines is 2. The molecule has 0 aliphatic rings. The van der Waals surface area contributed by atoms with Crippen LogP contribution in [0.2, 0.25) is 0 Å². The van der Waals surface area contributed by atoms with E-state index in [1.807, 2.05) is 7.05 Å². The summed E-state index contributed by atoms with van der Waals surface area (Å²) >= 11 is 0. The molecule has 0 fully saturated rings. The highest BCUT2D eigenvalue weighted by Gasteiger charge is 2.13. The Morgan fingerprint density at radius 1 is 1.25 bits per heavy atom. The summed E-state index contributed by atoms with van der Waals surface area (Å²) in [7, 11) is 3.43. The molecule has 0 unspecified atom stereocenters. The molecule has 5 heteroatoms. The van der Waals surface area contributed by atoms with E-state index in [1.165, 1.54) is 6.33 Å². The summed E-state index contributed by atoms with van der Waals surface area (Å²) in [6.45, 7) is 4.29. The van der Waals surface area contributed by atoms with Gasteiger partial charge in [-0.05, 0) is 12.8 Å². The van der Waals surface area contributed by atoms with Gasteiger partial charge in [0.05, 0.1) is 7.11 Å². The molecular formula is C11H20N4O. The van der Waals surface area contributed by atoms with E-state index in [2.05, 4.69) is 34.4 Å². The topological polar surface area (TPSA) is 59.1 Å². The highest BCUT2D eigenvalue weighted by Crippen LogP contribution is 2.29. The van der Waals surface area contributed by atoms with Crippen molar-refractivity contribution in [3.05, 3.63) is 6.33 Å². The van der Waals surface area contributed by atoms with Crippen LogP contribution in [0.4, 0.5) is 11.6 Å². The van der Waals surface area contributed by atoms with E-state index < -0.39 is 0 Å². The molecule has 0 bridgehead atoms. The molecule has 0 radical (unpaired) electrons. The molecule has 5 nitrogen and oxygen atoms in total. The standard InChI is InChI=1S/C11H20N4O/c1-5-8(6-2)15-11-9(16-4)10(12-3)13-7-14-11/h7-8H,5-6H2,1-4H3,(H2,12,13,14,15). The lowest BCUT2D eigenvalue weighted by Gasteiger charge is -2.18. The number of hydrogen-bond donors (Lipinski definition) is 2. The zero-order chi connectivity index (χ0) is 12.0. The second-order valence-electron chi connectivity index (χ2n) is 3.51. The first-order valence-electron chi connectivity index (χ1n) is 5.60. The Morgan fingerprint density at radius 3 is 2.38 bits per heavy atom. The molecule has 1 rings (SSSR count). The van der Waals surface area contributed by atoms with Gasteiger partial charge in [0.25, 0.3) is 0 Å². The largest absolute Gasteiger partial charge is 0.490 e. The Balaban J connectivity index is 2.94. The minimum Gasteiger partial charge on any atom is -0.490 e. The van der Waals surface area contributed by atoms with E-state index in [4.69, 9.17) is 4.74 Å². The van der Waals surface area contributed by atoms with Gasteiger partial charge < -0.3 is 15.4 Å². The van der Waals surface area contributed by atoms with Crippen LogP contribution in [0.25, 0.3) is 0 Å². The number of rotatable bonds is 6. The molecule has 2 N–H and O–H groups in total. The van der Waals surface area contributed by atoms with E-state index in [9.17, 15) is 0 Å². The van der Waals surface area contributed by atoms with Crippen LogP contribution in [-0.4, -0.2) is 30.2 Å². The van der Waals surface area contributed by atoms with Gasteiger partial charge in [-0.25, -0.2) is 9.97 Å². The van der Waals surface area contributed by atoms with Gasteiger partial charge >= 0.3 is 0 Å². The van der Waals surface area contributed by atoms with Crippen LogP contribution in [0.15, 0.2) is 6.33 Å². The summed E-state index contributed by atoms with van der Waals surface area (Å²) < 4.78 is 5.31. The minimum absolute atomic E-state index is 0.411. The van der Waals surface area contributed by atoms with E-state index in [0.717, 1.165) is 18.7 Å². The second kappa shape index (κ2) is 6.15.